The Morgan fingerprint density at radius 3 is 1.24 bits per heavy atom. The maximum absolute atomic E-state index is 13.5. The van der Waals surface area contributed by atoms with Crippen LogP contribution in [-0.2, 0) is 29.4 Å². The summed E-state index contributed by atoms with van der Waals surface area (Å²) < 4.78 is 30.1. The second kappa shape index (κ2) is 37.6. The molecule has 7 heteroatoms. The maximum Gasteiger partial charge on any atom is 0.306 e. The Hall–Kier alpha value is -4.36. The summed E-state index contributed by atoms with van der Waals surface area (Å²) >= 11 is 0. The van der Waals surface area contributed by atoms with Gasteiger partial charge in [0.25, 0.3) is 0 Å². The van der Waals surface area contributed by atoms with Crippen LogP contribution >= 0.6 is 0 Å². The molecule has 372 valence electrons. The van der Waals surface area contributed by atoms with Gasteiger partial charge < -0.3 is 23.7 Å². The van der Waals surface area contributed by atoms with Crippen LogP contribution in [0.15, 0.2) is 103 Å². The lowest BCUT2D eigenvalue weighted by Gasteiger charge is -2.37. The molecule has 0 heterocycles. The predicted molar refractivity (Wildman–Crippen MR) is 278 cm³/mol. The van der Waals surface area contributed by atoms with E-state index in [0.717, 1.165) is 92.4 Å². The molecular formula is C60H90O7. The van der Waals surface area contributed by atoms with Gasteiger partial charge in [0.05, 0.1) is 20.8 Å². The van der Waals surface area contributed by atoms with Crippen LogP contribution < -0.4 is 9.47 Å². The van der Waals surface area contributed by atoms with E-state index in [1.54, 1.807) is 14.2 Å². The Morgan fingerprint density at radius 1 is 0.448 bits per heavy atom. The van der Waals surface area contributed by atoms with Crippen molar-refractivity contribution in [2.45, 2.75) is 205 Å². The zero-order valence-corrected chi connectivity index (χ0v) is 42.5. The molecule has 0 bridgehead atoms. The van der Waals surface area contributed by atoms with Crippen molar-refractivity contribution in [3.05, 3.63) is 120 Å². The molecule has 0 radical (unpaired) electrons. The van der Waals surface area contributed by atoms with Gasteiger partial charge in [-0.3, -0.25) is 9.59 Å². The zero-order chi connectivity index (χ0) is 47.9. The molecule has 0 fully saturated rings. The van der Waals surface area contributed by atoms with Crippen LogP contribution in [0.2, 0.25) is 0 Å². The minimum absolute atomic E-state index is 0.00818. The minimum Gasteiger partial charge on any atom is -0.497 e. The number of unbranched alkanes of at least 4 members (excludes halogenated alkanes) is 22. The van der Waals surface area contributed by atoms with Gasteiger partial charge in [-0.25, -0.2) is 0 Å². The van der Waals surface area contributed by atoms with Crippen LogP contribution in [0.1, 0.15) is 210 Å². The normalized spacial score (nSPS) is 12.2. The molecule has 0 aliphatic carbocycles. The first kappa shape index (κ1) is 57.0. The number of benzene rings is 3. The van der Waals surface area contributed by atoms with E-state index in [-0.39, 0.29) is 25.2 Å². The molecule has 1 atom stereocenters. The maximum atomic E-state index is 13.5. The van der Waals surface area contributed by atoms with Gasteiger partial charge in [0, 0.05) is 12.8 Å². The van der Waals surface area contributed by atoms with Crippen LogP contribution in [-0.4, -0.2) is 45.5 Å². The van der Waals surface area contributed by atoms with Crippen LogP contribution in [0.3, 0.4) is 0 Å². The monoisotopic (exact) mass is 923 g/mol. The summed E-state index contributed by atoms with van der Waals surface area (Å²) in [4.78, 5) is 26.6. The van der Waals surface area contributed by atoms with Gasteiger partial charge in [-0.2, -0.15) is 0 Å². The van der Waals surface area contributed by atoms with Crippen molar-refractivity contribution in [3.8, 4) is 11.5 Å². The van der Waals surface area contributed by atoms with Crippen molar-refractivity contribution < 1.29 is 33.3 Å². The molecule has 0 aliphatic heterocycles. The van der Waals surface area contributed by atoms with E-state index in [2.05, 4.69) is 38.2 Å². The quantitative estimate of drug-likeness (QED) is 0.0243. The molecule has 7 nitrogen and oxygen atoms in total. The van der Waals surface area contributed by atoms with E-state index >= 15 is 0 Å². The first-order valence-corrected chi connectivity index (χ1v) is 26.6. The van der Waals surface area contributed by atoms with Crippen LogP contribution in [0, 0.1) is 0 Å². The largest absolute Gasteiger partial charge is 0.497 e. The predicted octanol–water partition coefficient (Wildman–Crippen LogP) is 16.5. The van der Waals surface area contributed by atoms with E-state index in [0.29, 0.717) is 12.8 Å². The Bertz CT molecular complexity index is 1670. The third-order valence-corrected chi connectivity index (χ3v) is 12.7. The molecular weight excluding hydrogens is 833 g/mol. The fourth-order valence-corrected chi connectivity index (χ4v) is 8.59. The molecule has 0 N–H and O–H groups in total. The van der Waals surface area contributed by atoms with Crippen molar-refractivity contribution in [2.24, 2.45) is 0 Å². The fourth-order valence-electron chi connectivity index (χ4n) is 8.59. The number of carbonyl (C=O) groups is 2. The fraction of sp³-hybridized carbons (Fsp3) is 0.600. The van der Waals surface area contributed by atoms with Gasteiger partial charge in [0.15, 0.2) is 6.10 Å². The number of allylic oxidation sites excluding steroid dienone is 4. The number of rotatable bonds is 41. The number of esters is 2. The first-order chi connectivity index (χ1) is 33.0. The van der Waals surface area contributed by atoms with E-state index in [1.807, 2.05) is 78.9 Å². The topological polar surface area (TPSA) is 80.3 Å². The Morgan fingerprint density at radius 2 is 0.821 bits per heavy atom. The highest BCUT2D eigenvalue weighted by Gasteiger charge is 2.39. The summed E-state index contributed by atoms with van der Waals surface area (Å²) in [5.74, 6) is 0.858. The highest BCUT2D eigenvalue weighted by atomic mass is 16.6. The van der Waals surface area contributed by atoms with Crippen LogP contribution in [0.4, 0.5) is 0 Å². The van der Waals surface area contributed by atoms with Gasteiger partial charge >= 0.3 is 11.9 Å². The molecule has 0 amide bonds. The molecule has 1 unspecified atom stereocenters. The summed E-state index contributed by atoms with van der Waals surface area (Å²) in [7, 11) is 3.29. The Balaban J connectivity index is 1.59. The minimum atomic E-state index is -1.11. The summed E-state index contributed by atoms with van der Waals surface area (Å²) in [6.07, 6.45) is 40.2. The van der Waals surface area contributed by atoms with Crippen molar-refractivity contribution in [1.29, 1.82) is 0 Å². The molecule has 3 aromatic carbocycles. The molecule has 0 aromatic heterocycles. The van der Waals surface area contributed by atoms with E-state index < -0.39 is 11.7 Å². The molecule has 67 heavy (non-hydrogen) atoms. The van der Waals surface area contributed by atoms with Gasteiger partial charge in [-0.15, -0.1) is 0 Å². The third kappa shape index (κ3) is 24.5. The first-order valence-electron chi connectivity index (χ1n) is 26.6. The van der Waals surface area contributed by atoms with Crippen LogP contribution in [0.5, 0.6) is 11.5 Å². The van der Waals surface area contributed by atoms with E-state index in [9.17, 15) is 9.59 Å². The third-order valence-electron chi connectivity index (χ3n) is 12.7. The van der Waals surface area contributed by atoms with Crippen molar-refractivity contribution in [3.63, 3.8) is 0 Å². The molecule has 0 saturated carbocycles. The number of methoxy groups -OCH3 is 2. The van der Waals surface area contributed by atoms with Gasteiger partial charge in [-0.05, 0) is 105 Å². The number of carbonyl (C=O) groups excluding carboxylic acids is 2. The molecule has 3 aromatic rings. The molecule has 0 aliphatic rings. The van der Waals surface area contributed by atoms with Crippen molar-refractivity contribution in [2.75, 3.05) is 27.4 Å². The van der Waals surface area contributed by atoms with E-state index in [4.69, 9.17) is 23.7 Å². The number of ether oxygens (including phenoxy) is 5. The molecule has 0 spiro atoms. The lowest BCUT2D eigenvalue weighted by atomic mass is 9.80. The van der Waals surface area contributed by atoms with Gasteiger partial charge in [-0.1, -0.05) is 195 Å². The zero-order valence-electron chi connectivity index (χ0n) is 42.5. The van der Waals surface area contributed by atoms with Gasteiger partial charge in [0.2, 0.25) is 0 Å². The lowest BCUT2D eigenvalue weighted by molar-refractivity contribution is -0.165. The smallest absolute Gasteiger partial charge is 0.306 e. The Labute approximate surface area is 407 Å². The van der Waals surface area contributed by atoms with Gasteiger partial charge in [0.1, 0.15) is 23.7 Å². The highest BCUT2D eigenvalue weighted by Crippen LogP contribution is 2.42. The van der Waals surface area contributed by atoms with E-state index in [1.165, 1.54) is 103 Å². The molecule has 0 saturated heterocycles. The second-order valence-corrected chi connectivity index (χ2v) is 18.3. The SMILES string of the molecule is CCCCCCCCC=CCCCCCCCC(=O)OCC(COC(c1ccccc1)(c1ccc(OC)cc1)c1ccc(OC)cc1)OC(=O)CCCCCCCC=CCCCCCCCC. The average molecular weight is 923 g/mol. The average Bonchev–Trinajstić information content (AvgIpc) is 3.36. The number of hydrogen-bond acceptors (Lipinski definition) is 7. The second-order valence-electron chi connectivity index (χ2n) is 18.3. The molecule has 3 rings (SSSR count). The van der Waals surface area contributed by atoms with Crippen molar-refractivity contribution in [1.82, 2.24) is 0 Å². The lowest BCUT2D eigenvalue weighted by Crippen LogP contribution is -2.38. The number of hydrogen-bond donors (Lipinski definition) is 0. The van der Waals surface area contributed by atoms with Crippen molar-refractivity contribution >= 4 is 11.9 Å². The highest BCUT2D eigenvalue weighted by molar-refractivity contribution is 5.70. The van der Waals surface area contributed by atoms with Crippen LogP contribution in [0.25, 0.3) is 0 Å². The summed E-state index contributed by atoms with van der Waals surface area (Å²) in [5.41, 5.74) is 1.51. The summed E-state index contributed by atoms with van der Waals surface area (Å²) in [6.45, 7) is 4.43. The standard InChI is InChI=1S/C60H90O7/c1-5-7-9-11-13-15-17-19-21-23-25-27-29-31-36-40-58(61)65-50-57(67-59(62)41-37-32-30-28-26-24-22-20-18-16-14-12-10-8-6-2)51-66-60(52-38-34-33-35-39-52,53-42-46-55(63-3)47-43-53)54-44-48-56(64-4)49-45-54/h19-22,33-35,38-39,42-49,57H,5-18,23-32,36-37,40-41,50-51H2,1-4H3. The summed E-state index contributed by atoms with van der Waals surface area (Å²) in [5, 5.41) is 0. The summed E-state index contributed by atoms with van der Waals surface area (Å²) in [6, 6.07) is 25.7. The Kier molecular flexibility index (Phi) is 32.0.